The zero-order chi connectivity index (χ0) is 34.7. The van der Waals surface area contributed by atoms with Crippen LogP contribution in [0, 0.1) is 50.2 Å². The van der Waals surface area contributed by atoms with Crippen LogP contribution >= 0.6 is 0 Å². The molecule has 0 aromatic carbocycles. The fraction of sp³-hybridized carbons (Fsp3) is 0.889. The summed E-state index contributed by atoms with van der Waals surface area (Å²) in [6.45, 7) is 11.6. The molecule has 1 aliphatic heterocycles. The molecular weight excluding hydrogens is 608 g/mol. The van der Waals surface area contributed by atoms with Crippen LogP contribution in [0.3, 0.4) is 0 Å². The number of ether oxygens (including phenoxy) is 2. The number of aliphatic hydroxyl groups is 6. The number of aliphatic carboxylic acids is 1. The number of fused-ring (bicyclic) bond motifs is 7. The normalized spacial score (nSPS) is 53.7. The van der Waals surface area contributed by atoms with Gasteiger partial charge in [0.2, 0.25) is 6.29 Å². The van der Waals surface area contributed by atoms with Gasteiger partial charge in [0.05, 0.1) is 35.7 Å². The highest BCUT2D eigenvalue weighted by Crippen LogP contribution is 2.76. The minimum absolute atomic E-state index is 0.0817. The Hall–Kier alpha value is -1.60. The minimum Gasteiger partial charge on any atom is -0.481 e. The lowest BCUT2D eigenvalue weighted by Gasteiger charge is -2.71. The van der Waals surface area contributed by atoms with Gasteiger partial charge < -0.3 is 45.2 Å². The van der Waals surface area contributed by atoms with Gasteiger partial charge in [-0.05, 0) is 106 Å². The molecule has 0 aromatic heterocycles. The van der Waals surface area contributed by atoms with E-state index in [-0.39, 0.29) is 36.2 Å². The third kappa shape index (κ3) is 4.62. The second-order valence-corrected chi connectivity index (χ2v) is 17.7. The third-order valence-electron chi connectivity index (χ3n) is 15.1. The summed E-state index contributed by atoms with van der Waals surface area (Å²) in [4.78, 5) is 27.1. The van der Waals surface area contributed by atoms with E-state index < -0.39 is 81.9 Å². The molecule has 7 N–H and O–H groups in total. The second kappa shape index (κ2) is 11.2. The topological polar surface area (TPSA) is 194 Å². The molecule has 6 rings (SSSR count). The van der Waals surface area contributed by atoms with Gasteiger partial charge in [-0.15, -0.1) is 0 Å². The van der Waals surface area contributed by atoms with E-state index in [0.717, 1.165) is 12.0 Å². The van der Waals surface area contributed by atoms with E-state index in [0.29, 0.717) is 44.9 Å². The van der Waals surface area contributed by atoms with Crippen LogP contribution in [0.1, 0.15) is 99.3 Å². The van der Waals surface area contributed by atoms with Crippen molar-refractivity contribution < 1.29 is 54.8 Å². The van der Waals surface area contributed by atoms with Crippen molar-refractivity contribution >= 4 is 11.9 Å². The van der Waals surface area contributed by atoms with E-state index in [2.05, 4.69) is 33.8 Å². The first-order chi connectivity index (χ1) is 21.8. The highest BCUT2D eigenvalue weighted by Gasteiger charge is 2.73. The molecule has 4 saturated carbocycles. The number of esters is 1. The summed E-state index contributed by atoms with van der Waals surface area (Å²) in [5.41, 5.74) is -3.31. The van der Waals surface area contributed by atoms with Crippen molar-refractivity contribution in [3.63, 3.8) is 0 Å². The number of rotatable bonds is 4. The van der Waals surface area contributed by atoms with E-state index >= 15 is 0 Å². The maximum atomic E-state index is 14.4. The van der Waals surface area contributed by atoms with Crippen molar-refractivity contribution in [2.45, 2.75) is 142 Å². The number of aliphatic hydroxyl groups excluding tert-OH is 6. The van der Waals surface area contributed by atoms with Crippen LogP contribution in [-0.4, -0.2) is 97.2 Å². The molecule has 0 spiro atoms. The number of carboxylic acid groups (broad SMARTS) is 1. The van der Waals surface area contributed by atoms with Gasteiger partial charge in [0.15, 0.2) is 0 Å². The Morgan fingerprint density at radius 3 is 2.19 bits per heavy atom. The summed E-state index contributed by atoms with van der Waals surface area (Å²) in [7, 11) is 0. The lowest BCUT2D eigenvalue weighted by Crippen LogP contribution is -2.69. The minimum atomic E-state index is -1.61. The maximum Gasteiger partial charge on any atom is 0.315 e. The summed E-state index contributed by atoms with van der Waals surface area (Å²) in [6.07, 6.45) is -2.16. The Labute approximate surface area is 277 Å². The monoisotopic (exact) mass is 664 g/mol. The Kier molecular flexibility index (Phi) is 8.40. The van der Waals surface area contributed by atoms with Gasteiger partial charge in [0.1, 0.15) is 18.3 Å². The first kappa shape index (κ1) is 35.2. The van der Waals surface area contributed by atoms with E-state index in [1.807, 2.05) is 0 Å². The van der Waals surface area contributed by atoms with Crippen molar-refractivity contribution in [3.05, 3.63) is 11.6 Å². The number of hydrogen-bond donors (Lipinski definition) is 7. The summed E-state index contributed by atoms with van der Waals surface area (Å²) in [5, 5.41) is 75.3. The molecule has 1 saturated heterocycles. The van der Waals surface area contributed by atoms with Gasteiger partial charge in [0, 0.05) is 5.41 Å². The van der Waals surface area contributed by atoms with E-state index in [9.17, 15) is 45.3 Å². The molecule has 47 heavy (non-hydrogen) atoms. The average molecular weight is 665 g/mol. The number of allylic oxidation sites excluding steroid dienone is 1. The molecule has 0 radical (unpaired) electrons. The Balaban J connectivity index is 1.40. The average Bonchev–Trinajstić information content (AvgIpc) is 3.00. The highest BCUT2D eigenvalue weighted by molar-refractivity contribution is 5.79. The molecule has 0 bridgehead atoms. The predicted octanol–water partition coefficient (Wildman–Crippen LogP) is 2.53. The molecule has 1 heterocycles. The third-order valence-corrected chi connectivity index (χ3v) is 15.1. The van der Waals surface area contributed by atoms with Crippen LogP contribution in [0.15, 0.2) is 11.6 Å². The van der Waals surface area contributed by atoms with Gasteiger partial charge in [-0.1, -0.05) is 39.3 Å². The molecule has 5 fully saturated rings. The molecule has 0 aromatic rings. The number of carbonyl (C=O) groups is 2. The zero-order valence-electron chi connectivity index (χ0n) is 28.7. The molecule has 15 unspecified atom stereocenters. The zero-order valence-corrected chi connectivity index (χ0v) is 28.7. The van der Waals surface area contributed by atoms with Crippen LogP contribution in [-0.2, 0) is 19.1 Å². The van der Waals surface area contributed by atoms with E-state index in [4.69, 9.17) is 9.47 Å². The standard InChI is InChI=1S/C36H56O11/c1-18-24(39)25(40)26(41)28(46-18)47-30(45)35-12-11-31(2,3)15-20(35)19-7-8-22-32(4)16-21(38)27(42)34(6,29(43)44)23(32)9-10-33(22,5)36(19,17-37)14-13-35/h7,18,20-28,37-42H,8-17H2,1-6H3,(H,43,44). The van der Waals surface area contributed by atoms with Crippen LogP contribution in [0.5, 0.6) is 0 Å². The summed E-state index contributed by atoms with van der Waals surface area (Å²) < 4.78 is 11.6. The molecule has 11 heteroatoms. The summed E-state index contributed by atoms with van der Waals surface area (Å²) >= 11 is 0. The Bertz CT molecular complexity index is 1320. The molecule has 0 amide bonds. The molecule has 6 aliphatic rings. The molecule has 266 valence electrons. The van der Waals surface area contributed by atoms with E-state index in [1.165, 1.54) is 0 Å². The van der Waals surface area contributed by atoms with Crippen molar-refractivity contribution in [3.8, 4) is 0 Å². The largest absolute Gasteiger partial charge is 0.481 e. The molecule has 5 aliphatic carbocycles. The maximum absolute atomic E-state index is 14.4. The number of carbonyl (C=O) groups excluding carboxylic acids is 1. The summed E-state index contributed by atoms with van der Waals surface area (Å²) in [6, 6.07) is 0. The van der Waals surface area contributed by atoms with Crippen molar-refractivity contribution in [2.24, 2.45) is 50.2 Å². The SMILES string of the molecule is CC1OC(OC(=O)C23CCC(C)(C)CC2C2=CCC4C5(C)CC(O)C(O)C(C)(C(=O)O)C5CCC4(C)C2(CO)CC3)C(O)C(O)C1O. The number of carboxylic acids is 1. The van der Waals surface area contributed by atoms with Crippen molar-refractivity contribution in [1.29, 1.82) is 0 Å². The molecule has 11 nitrogen and oxygen atoms in total. The van der Waals surface area contributed by atoms with Gasteiger partial charge in [0.25, 0.3) is 0 Å². The first-order valence-electron chi connectivity index (χ1n) is 17.6. The van der Waals surface area contributed by atoms with Gasteiger partial charge >= 0.3 is 11.9 Å². The Morgan fingerprint density at radius 1 is 0.894 bits per heavy atom. The quantitative estimate of drug-likeness (QED) is 0.172. The molecular formula is C36H56O11. The second-order valence-electron chi connectivity index (χ2n) is 17.7. The lowest BCUT2D eigenvalue weighted by atomic mass is 9.33. The Morgan fingerprint density at radius 2 is 1.55 bits per heavy atom. The fourth-order valence-corrected chi connectivity index (χ4v) is 12.2. The fourth-order valence-electron chi connectivity index (χ4n) is 12.2. The van der Waals surface area contributed by atoms with Gasteiger partial charge in [-0.3, -0.25) is 9.59 Å². The van der Waals surface area contributed by atoms with Crippen molar-refractivity contribution in [2.75, 3.05) is 6.61 Å². The highest BCUT2D eigenvalue weighted by atomic mass is 16.7. The van der Waals surface area contributed by atoms with Crippen LogP contribution in [0.2, 0.25) is 0 Å². The molecule has 15 atom stereocenters. The van der Waals surface area contributed by atoms with Crippen LogP contribution in [0.25, 0.3) is 0 Å². The van der Waals surface area contributed by atoms with Gasteiger partial charge in [-0.25, -0.2) is 0 Å². The predicted molar refractivity (Wildman–Crippen MR) is 168 cm³/mol. The first-order valence-corrected chi connectivity index (χ1v) is 17.6. The van der Waals surface area contributed by atoms with Crippen molar-refractivity contribution in [1.82, 2.24) is 0 Å². The van der Waals surface area contributed by atoms with E-state index in [1.54, 1.807) is 13.8 Å². The number of hydrogen-bond acceptors (Lipinski definition) is 10. The van der Waals surface area contributed by atoms with Crippen LogP contribution < -0.4 is 0 Å². The summed E-state index contributed by atoms with van der Waals surface area (Å²) in [5.74, 6) is -2.34. The van der Waals surface area contributed by atoms with Gasteiger partial charge in [-0.2, -0.15) is 0 Å². The van der Waals surface area contributed by atoms with Crippen LogP contribution in [0.4, 0.5) is 0 Å². The lowest BCUT2D eigenvalue weighted by molar-refractivity contribution is -0.290. The smallest absolute Gasteiger partial charge is 0.315 e.